The van der Waals surface area contributed by atoms with E-state index in [9.17, 15) is 4.79 Å². The van der Waals surface area contributed by atoms with Crippen molar-refractivity contribution in [3.8, 4) is 0 Å². The summed E-state index contributed by atoms with van der Waals surface area (Å²) >= 11 is 0. The molecule has 2 nitrogen and oxygen atoms in total. The molecule has 0 aromatic rings. The summed E-state index contributed by atoms with van der Waals surface area (Å²) in [5, 5.41) is 3.67. The molecule has 1 saturated heterocycles. The van der Waals surface area contributed by atoms with Crippen molar-refractivity contribution < 1.29 is 4.79 Å². The number of carbonyl (C=O) groups excluding carboxylic acids is 1. The molecule has 90 valence electrons. The van der Waals surface area contributed by atoms with Gasteiger partial charge in [0.1, 0.15) is 5.78 Å². The highest BCUT2D eigenvalue weighted by Gasteiger charge is 2.44. The minimum atomic E-state index is 0.357. The number of hydrogen-bond acceptors (Lipinski definition) is 2. The van der Waals surface area contributed by atoms with Crippen molar-refractivity contribution in [3.63, 3.8) is 0 Å². The second-order valence-corrected chi connectivity index (χ2v) is 5.96. The first-order valence-corrected chi connectivity index (χ1v) is 7.12. The Balaban J connectivity index is 1.73. The van der Waals surface area contributed by atoms with Crippen LogP contribution < -0.4 is 5.32 Å². The summed E-state index contributed by atoms with van der Waals surface area (Å²) in [5.74, 6) is 2.63. The summed E-state index contributed by atoms with van der Waals surface area (Å²) in [6.45, 7) is 1.18. The summed E-state index contributed by atoms with van der Waals surface area (Å²) in [6, 6.07) is 0.540. The van der Waals surface area contributed by atoms with Crippen molar-refractivity contribution in [2.45, 2.75) is 57.4 Å². The van der Waals surface area contributed by atoms with Crippen LogP contribution in [0.3, 0.4) is 0 Å². The molecule has 4 atom stereocenters. The molecule has 0 radical (unpaired) electrons. The Morgan fingerprint density at radius 3 is 2.88 bits per heavy atom. The highest BCUT2D eigenvalue weighted by Crippen LogP contribution is 2.42. The summed E-state index contributed by atoms with van der Waals surface area (Å²) in [7, 11) is 0. The molecule has 2 saturated carbocycles. The van der Waals surface area contributed by atoms with E-state index in [4.69, 9.17) is 0 Å². The SMILES string of the molecule is O=C1CCCCCC1C1NCC2CCCC21. The highest BCUT2D eigenvalue weighted by molar-refractivity contribution is 5.82. The second kappa shape index (κ2) is 4.48. The summed E-state index contributed by atoms with van der Waals surface area (Å²) < 4.78 is 0. The fraction of sp³-hybridized carbons (Fsp3) is 0.929. The van der Waals surface area contributed by atoms with Crippen LogP contribution in [0.15, 0.2) is 0 Å². The summed E-state index contributed by atoms with van der Waals surface area (Å²) in [6.07, 6.45) is 9.83. The fourth-order valence-corrected chi connectivity index (χ4v) is 4.24. The van der Waals surface area contributed by atoms with Crippen LogP contribution in [0.1, 0.15) is 51.4 Å². The van der Waals surface area contributed by atoms with Gasteiger partial charge in [0.05, 0.1) is 0 Å². The zero-order chi connectivity index (χ0) is 11.0. The average molecular weight is 221 g/mol. The normalized spacial score (nSPS) is 44.4. The van der Waals surface area contributed by atoms with Gasteiger partial charge in [-0.15, -0.1) is 0 Å². The lowest BCUT2D eigenvalue weighted by atomic mass is 9.81. The van der Waals surface area contributed by atoms with Gasteiger partial charge in [0, 0.05) is 18.4 Å². The van der Waals surface area contributed by atoms with E-state index < -0.39 is 0 Å². The molecule has 2 heteroatoms. The molecule has 3 aliphatic rings. The third kappa shape index (κ3) is 1.81. The zero-order valence-electron chi connectivity index (χ0n) is 10.1. The molecule has 4 unspecified atom stereocenters. The van der Waals surface area contributed by atoms with Gasteiger partial charge >= 0.3 is 0 Å². The standard InChI is InChI=1S/C14H23NO/c16-13-8-3-1-2-6-12(13)14-11-7-4-5-10(11)9-15-14/h10-12,14-15H,1-9H2. The number of hydrogen-bond donors (Lipinski definition) is 1. The number of rotatable bonds is 1. The Morgan fingerprint density at radius 1 is 1.00 bits per heavy atom. The van der Waals surface area contributed by atoms with Crippen LogP contribution in [0.2, 0.25) is 0 Å². The van der Waals surface area contributed by atoms with Crippen LogP contribution in [0.5, 0.6) is 0 Å². The van der Waals surface area contributed by atoms with Crippen LogP contribution in [0.25, 0.3) is 0 Å². The first-order valence-electron chi connectivity index (χ1n) is 7.12. The van der Waals surface area contributed by atoms with Crippen LogP contribution in [-0.4, -0.2) is 18.4 Å². The Bertz CT molecular complexity index is 276. The minimum absolute atomic E-state index is 0.357. The van der Waals surface area contributed by atoms with Crippen molar-refractivity contribution in [2.75, 3.05) is 6.54 Å². The largest absolute Gasteiger partial charge is 0.313 e. The molecule has 3 rings (SSSR count). The van der Waals surface area contributed by atoms with Gasteiger partial charge in [-0.3, -0.25) is 4.79 Å². The molecular formula is C14H23NO. The number of carbonyl (C=O) groups is 1. The van der Waals surface area contributed by atoms with Gasteiger partial charge in [-0.1, -0.05) is 19.3 Å². The van der Waals surface area contributed by atoms with Gasteiger partial charge in [0.25, 0.3) is 0 Å². The van der Waals surface area contributed by atoms with Crippen LogP contribution in [0.4, 0.5) is 0 Å². The van der Waals surface area contributed by atoms with E-state index in [1.165, 1.54) is 38.6 Å². The molecule has 1 aliphatic heterocycles. The molecule has 0 spiro atoms. The van der Waals surface area contributed by atoms with Gasteiger partial charge < -0.3 is 5.32 Å². The van der Waals surface area contributed by atoms with Gasteiger partial charge in [0.15, 0.2) is 0 Å². The number of nitrogens with one attached hydrogen (secondary N) is 1. The first kappa shape index (κ1) is 10.8. The Labute approximate surface area is 98.2 Å². The van der Waals surface area contributed by atoms with E-state index in [0.29, 0.717) is 17.7 Å². The first-order chi connectivity index (χ1) is 7.86. The van der Waals surface area contributed by atoms with E-state index in [0.717, 1.165) is 31.1 Å². The molecule has 0 aromatic heterocycles. The van der Waals surface area contributed by atoms with E-state index >= 15 is 0 Å². The molecule has 2 aliphatic carbocycles. The topological polar surface area (TPSA) is 29.1 Å². The van der Waals surface area contributed by atoms with Gasteiger partial charge in [-0.25, -0.2) is 0 Å². The average Bonchev–Trinajstić information content (AvgIpc) is 2.80. The molecule has 0 bridgehead atoms. The van der Waals surface area contributed by atoms with Crippen molar-refractivity contribution in [1.29, 1.82) is 0 Å². The van der Waals surface area contributed by atoms with E-state index in [2.05, 4.69) is 5.32 Å². The maximum atomic E-state index is 12.1. The smallest absolute Gasteiger partial charge is 0.137 e. The molecule has 0 aromatic carbocycles. The monoisotopic (exact) mass is 221 g/mol. The van der Waals surface area contributed by atoms with Gasteiger partial charge in [-0.05, 0) is 44.1 Å². The number of fused-ring (bicyclic) bond motifs is 1. The van der Waals surface area contributed by atoms with Crippen molar-refractivity contribution in [2.24, 2.45) is 17.8 Å². The Morgan fingerprint density at radius 2 is 1.94 bits per heavy atom. The van der Waals surface area contributed by atoms with Crippen LogP contribution in [0, 0.1) is 17.8 Å². The lowest BCUT2D eigenvalue weighted by Crippen LogP contribution is -2.39. The Kier molecular flexibility index (Phi) is 3.01. The number of Topliss-reactive ketones (excluding diaryl/α,β-unsaturated/α-hetero) is 1. The lowest BCUT2D eigenvalue weighted by molar-refractivity contribution is -0.123. The van der Waals surface area contributed by atoms with Crippen LogP contribution >= 0.6 is 0 Å². The summed E-state index contributed by atoms with van der Waals surface area (Å²) in [4.78, 5) is 12.1. The predicted octanol–water partition coefficient (Wildman–Crippen LogP) is 2.52. The van der Waals surface area contributed by atoms with E-state index in [-0.39, 0.29) is 0 Å². The van der Waals surface area contributed by atoms with Crippen LogP contribution in [-0.2, 0) is 4.79 Å². The molecular weight excluding hydrogens is 198 g/mol. The van der Waals surface area contributed by atoms with Gasteiger partial charge in [-0.2, -0.15) is 0 Å². The lowest BCUT2D eigenvalue weighted by Gasteiger charge is -2.26. The van der Waals surface area contributed by atoms with E-state index in [1.54, 1.807) is 0 Å². The molecule has 1 N–H and O–H groups in total. The third-order valence-electron chi connectivity index (χ3n) is 5.08. The maximum absolute atomic E-state index is 12.1. The molecule has 16 heavy (non-hydrogen) atoms. The zero-order valence-corrected chi connectivity index (χ0v) is 10.1. The number of ketones is 1. The van der Waals surface area contributed by atoms with Crippen molar-refractivity contribution in [3.05, 3.63) is 0 Å². The fourth-order valence-electron chi connectivity index (χ4n) is 4.24. The van der Waals surface area contributed by atoms with Gasteiger partial charge in [0.2, 0.25) is 0 Å². The van der Waals surface area contributed by atoms with E-state index in [1.807, 2.05) is 0 Å². The second-order valence-electron chi connectivity index (χ2n) is 5.96. The molecule has 1 heterocycles. The maximum Gasteiger partial charge on any atom is 0.137 e. The minimum Gasteiger partial charge on any atom is -0.313 e. The van der Waals surface area contributed by atoms with Crippen molar-refractivity contribution >= 4 is 5.78 Å². The van der Waals surface area contributed by atoms with Crippen molar-refractivity contribution in [1.82, 2.24) is 5.32 Å². The molecule has 3 fully saturated rings. The predicted molar refractivity (Wildman–Crippen MR) is 64.2 cm³/mol. The molecule has 0 amide bonds. The highest BCUT2D eigenvalue weighted by atomic mass is 16.1. The third-order valence-corrected chi connectivity index (χ3v) is 5.08. The Hall–Kier alpha value is -0.370. The quantitative estimate of drug-likeness (QED) is 0.689. The summed E-state index contributed by atoms with van der Waals surface area (Å²) in [5.41, 5.74) is 0.